The zero-order valence-electron chi connectivity index (χ0n) is 11.6. The Morgan fingerprint density at radius 2 is 2.32 bits per heavy atom. The van der Waals surface area contributed by atoms with Crippen molar-refractivity contribution in [1.29, 1.82) is 0 Å². The highest BCUT2D eigenvalue weighted by Crippen LogP contribution is 2.29. The maximum Gasteiger partial charge on any atom is 0.223 e. The minimum Gasteiger partial charge on any atom is -0.355 e. The second-order valence-electron chi connectivity index (χ2n) is 5.37. The number of nitrogens with one attached hydrogen (secondary N) is 1. The minimum atomic E-state index is 0.116. The van der Waals surface area contributed by atoms with E-state index in [9.17, 15) is 4.79 Å². The Morgan fingerprint density at radius 1 is 1.53 bits per heavy atom. The van der Waals surface area contributed by atoms with Crippen LogP contribution in [-0.4, -0.2) is 28.8 Å². The number of carbonyl (C=O) groups is 1. The van der Waals surface area contributed by atoms with Crippen molar-refractivity contribution < 1.29 is 4.79 Å². The second-order valence-corrected chi connectivity index (χ2v) is 5.37. The van der Waals surface area contributed by atoms with Gasteiger partial charge >= 0.3 is 0 Å². The zero-order chi connectivity index (χ0) is 13.7. The molecule has 1 saturated carbocycles. The number of rotatable bonds is 5. The molecule has 1 aliphatic carbocycles. The molecular formula is C14H24N4O. The van der Waals surface area contributed by atoms with E-state index < -0.39 is 0 Å². The van der Waals surface area contributed by atoms with Gasteiger partial charge in [0.2, 0.25) is 5.91 Å². The molecule has 0 saturated heterocycles. The van der Waals surface area contributed by atoms with Gasteiger partial charge in [-0.15, -0.1) is 0 Å². The molecule has 1 heterocycles. The molecule has 3 N–H and O–H groups in total. The lowest BCUT2D eigenvalue weighted by Crippen LogP contribution is -2.40. The molecule has 19 heavy (non-hydrogen) atoms. The number of aryl methyl sites for hydroxylation is 1. The van der Waals surface area contributed by atoms with Crippen molar-refractivity contribution in [2.45, 2.75) is 32.1 Å². The quantitative estimate of drug-likeness (QED) is 0.828. The smallest absolute Gasteiger partial charge is 0.223 e. The fraction of sp³-hybridized carbons (Fsp3) is 0.714. The average molecular weight is 264 g/mol. The Kier molecular flexibility index (Phi) is 4.96. The van der Waals surface area contributed by atoms with E-state index in [1.54, 1.807) is 6.20 Å². The third-order valence-corrected chi connectivity index (χ3v) is 4.15. The van der Waals surface area contributed by atoms with Gasteiger partial charge in [0.1, 0.15) is 0 Å². The maximum atomic E-state index is 12.2. The van der Waals surface area contributed by atoms with Crippen molar-refractivity contribution in [2.24, 2.45) is 24.6 Å². The Bertz CT molecular complexity index is 415. The number of carbonyl (C=O) groups excluding carboxylic acids is 1. The van der Waals surface area contributed by atoms with E-state index >= 15 is 0 Å². The van der Waals surface area contributed by atoms with Gasteiger partial charge in [-0.2, -0.15) is 5.10 Å². The molecule has 0 aliphatic heterocycles. The number of nitrogens with zero attached hydrogens (tertiary/aromatic N) is 2. The molecular weight excluding hydrogens is 240 g/mol. The van der Waals surface area contributed by atoms with Crippen LogP contribution in [0.25, 0.3) is 0 Å². The van der Waals surface area contributed by atoms with Gasteiger partial charge in [-0.25, -0.2) is 0 Å². The number of aromatic nitrogens is 2. The molecule has 2 unspecified atom stereocenters. The van der Waals surface area contributed by atoms with E-state index in [4.69, 9.17) is 5.73 Å². The van der Waals surface area contributed by atoms with Crippen LogP contribution in [0.15, 0.2) is 12.3 Å². The first-order valence-electron chi connectivity index (χ1n) is 7.17. The summed E-state index contributed by atoms with van der Waals surface area (Å²) in [5.41, 5.74) is 6.90. The third kappa shape index (κ3) is 3.56. The van der Waals surface area contributed by atoms with E-state index in [0.717, 1.165) is 31.4 Å². The van der Waals surface area contributed by atoms with Crippen LogP contribution >= 0.6 is 0 Å². The van der Waals surface area contributed by atoms with Gasteiger partial charge in [0.05, 0.1) is 0 Å². The fourth-order valence-electron chi connectivity index (χ4n) is 2.93. The van der Waals surface area contributed by atoms with Crippen molar-refractivity contribution in [2.75, 3.05) is 13.1 Å². The summed E-state index contributed by atoms with van der Waals surface area (Å²) in [7, 11) is 1.92. The topological polar surface area (TPSA) is 72.9 Å². The van der Waals surface area contributed by atoms with E-state index in [1.807, 2.05) is 17.8 Å². The fourth-order valence-corrected chi connectivity index (χ4v) is 2.93. The minimum absolute atomic E-state index is 0.116. The monoisotopic (exact) mass is 264 g/mol. The summed E-state index contributed by atoms with van der Waals surface area (Å²) in [6.45, 7) is 1.30. The van der Waals surface area contributed by atoms with Crippen LogP contribution in [-0.2, 0) is 18.3 Å². The van der Waals surface area contributed by atoms with Gasteiger partial charge in [-0.3, -0.25) is 9.48 Å². The lowest BCUT2D eigenvalue weighted by atomic mass is 9.79. The zero-order valence-corrected chi connectivity index (χ0v) is 11.6. The molecule has 0 radical (unpaired) electrons. The van der Waals surface area contributed by atoms with E-state index in [1.165, 1.54) is 6.42 Å². The molecule has 5 heteroatoms. The number of hydrogen-bond acceptors (Lipinski definition) is 3. The Hall–Kier alpha value is -1.36. The summed E-state index contributed by atoms with van der Waals surface area (Å²) in [5.74, 6) is 0.660. The first kappa shape index (κ1) is 14.1. The molecule has 5 nitrogen and oxygen atoms in total. The first-order valence-corrected chi connectivity index (χ1v) is 7.17. The van der Waals surface area contributed by atoms with Crippen LogP contribution in [0.4, 0.5) is 0 Å². The predicted molar refractivity (Wildman–Crippen MR) is 74.4 cm³/mol. The molecule has 2 rings (SSSR count). The highest BCUT2D eigenvalue weighted by atomic mass is 16.1. The predicted octanol–water partition coefficient (Wildman–Crippen LogP) is 0.844. The van der Waals surface area contributed by atoms with Gasteiger partial charge in [-0.1, -0.05) is 12.8 Å². The van der Waals surface area contributed by atoms with Crippen molar-refractivity contribution in [3.05, 3.63) is 18.0 Å². The Morgan fingerprint density at radius 3 is 3.00 bits per heavy atom. The molecule has 0 aromatic carbocycles. The third-order valence-electron chi connectivity index (χ3n) is 4.15. The lowest BCUT2D eigenvalue weighted by molar-refractivity contribution is -0.127. The number of amides is 1. The largest absolute Gasteiger partial charge is 0.355 e. The molecule has 1 amide bonds. The van der Waals surface area contributed by atoms with Gasteiger partial charge in [-0.05, 0) is 31.4 Å². The summed E-state index contributed by atoms with van der Waals surface area (Å²) < 4.78 is 1.84. The highest BCUT2D eigenvalue weighted by molar-refractivity contribution is 5.79. The average Bonchev–Trinajstić information content (AvgIpc) is 2.84. The summed E-state index contributed by atoms with van der Waals surface area (Å²) in [4.78, 5) is 12.2. The van der Waals surface area contributed by atoms with Crippen molar-refractivity contribution in [3.8, 4) is 0 Å². The molecule has 1 aromatic rings. The highest BCUT2D eigenvalue weighted by Gasteiger charge is 2.29. The van der Waals surface area contributed by atoms with Crippen LogP contribution < -0.4 is 11.1 Å². The molecule has 2 atom stereocenters. The second kappa shape index (κ2) is 6.70. The van der Waals surface area contributed by atoms with Crippen molar-refractivity contribution >= 4 is 5.91 Å². The van der Waals surface area contributed by atoms with Crippen LogP contribution in [0.2, 0.25) is 0 Å². The van der Waals surface area contributed by atoms with Crippen LogP contribution in [0, 0.1) is 11.8 Å². The molecule has 1 fully saturated rings. The SMILES string of the molecule is Cn1nccc1CCNC(=O)C1CCCCC1CN. The normalized spacial score (nSPS) is 23.3. The number of hydrogen-bond donors (Lipinski definition) is 2. The van der Waals surface area contributed by atoms with E-state index in [-0.39, 0.29) is 11.8 Å². The molecule has 0 bridgehead atoms. The van der Waals surface area contributed by atoms with Crippen molar-refractivity contribution in [3.63, 3.8) is 0 Å². The van der Waals surface area contributed by atoms with E-state index in [2.05, 4.69) is 10.4 Å². The summed E-state index contributed by atoms with van der Waals surface area (Å²) in [6.07, 6.45) is 7.04. The Labute approximate surface area is 114 Å². The van der Waals surface area contributed by atoms with E-state index in [0.29, 0.717) is 19.0 Å². The van der Waals surface area contributed by atoms with Gasteiger partial charge in [0.25, 0.3) is 0 Å². The number of nitrogens with two attached hydrogens (primary N) is 1. The van der Waals surface area contributed by atoms with Crippen molar-refractivity contribution in [1.82, 2.24) is 15.1 Å². The van der Waals surface area contributed by atoms with Crippen LogP contribution in [0.3, 0.4) is 0 Å². The summed E-state index contributed by atoms with van der Waals surface area (Å²) >= 11 is 0. The Balaban J connectivity index is 1.79. The van der Waals surface area contributed by atoms with Crippen LogP contribution in [0.1, 0.15) is 31.4 Å². The molecule has 1 aliphatic rings. The van der Waals surface area contributed by atoms with Crippen LogP contribution in [0.5, 0.6) is 0 Å². The van der Waals surface area contributed by atoms with Gasteiger partial charge in [0.15, 0.2) is 0 Å². The lowest BCUT2D eigenvalue weighted by Gasteiger charge is -2.29. The van der Waals surface area contributed by atoms with Gasteiger partial charge < -0.3 is 11.1 Å². The standard InChI is InChI=1S/C14H24N4O/c1-18-12(7-9-17-18)6-8-16-14(19)13-5-3-2-4-11(13)10-15/h7,9,11,13H,2-6,8,10,15H2,1H3,(H,16,19). The molecule has 0 spiro atoms. The molecule has 1 aromatic heterocycles. The molecule has 106 valence electrons. The maximum absolute atomic E-state index is 12.2. The summed E-state index contributed by atoms with van der Waals surface area (Å²) in [6, 6.07) is 1.98. The summed E-state index contributed by atoms with van der Waals surface area (Å²) in [5, 5.41) is 7.16. The van der Waals surface area contributed by atoms with Gasteiger partial charge in [0, 0.05) is 37.8 Å². The first-order chi connectivity index (χ1) is 9.22.